The number of allylic oxidation sites excluding steroid dienone is 10. The van der Waals surface area contributed by atoms with Crippen molar-refractivity contribution >= 4 is 17.9 Å². The van der Waals surface area contributed by atoms with Crippen LogP contribution in [-0.4, -0.2) is 82.3 Å². The first kappa shape index (κ1) is 63.0. The number of carbonyl (C=O) groups excluding carboxylic acids is 3. The standard InChI is InChI=1S/C57H101NO8/c1-6-8-10-12-14-16-18-20-22-23-24-25-26-27-28-29-30-31-32-33-34-36-38-40-42-44-46-48-55(60)66-53(52-65-57(56(61)62)63-50-49-58(3,4)5)51-64-54(59)47-45-43-41-39-37-35-21-19-17-15-13-11-9-7-2/h8,10,14,16,20,22,24-25,27-28,53,57H,6-7,9,11-13,15,17-19,21,23,26,29-52H2,1-5H3/b10-8-,16-14-,22-20-,25-24-,28-27-. The Labute approximate surface area is 405 Å². The number of likely N-dealkylation sites (N-methyl/N-ethyl adjacent to an activating group) is 1. The summed E-state index contributed by atoms with van der Waals surface area (Å²) in [7, 11) is 5.92. The number of ether oxygens (including phenoxy) is 4. The molecule has 0 aliphatic rings. The minimum Gasteiger partial charge on any atom is -0.545 e. The van der Waals surface area contributed by atoms with Gasteiger partial charge in [0.15, 0.2) is 12.4 Å². The molecule has 0 aromatic carbocycles. The van der Waals surface area contributed by atoms with E-state index in [2.05, 4.69) is 74.6 Å². The maximum absolute atomic E-state index is 12.8. The Morgan fingerprint density at radius 3 is 1.29 bits per heavy atom. The molecule has 0 aliphatic carbocycles. The van der Waals surface area contributed by atoms with Crippen molar-refractivity contribution < 1.29 is 42.9 Å². The van der Waals surface area contributed by atoms with E-state index >= 15 is 0 Å². The molecule has 0 saturated heterocycles. The van der Waals surface area contributed by atoms with Crippen LogP contribution in [0.15, 0.2) is 60.8 Å². The topological polar surface area (TPSA) is 111 Å². The van der Waals surface area contributed by atoms with Gasteiger partial charge in [-0.2, -0.15) is 0 Å². The highest BCUT2D eigenvalue weighted by Gasteiger charge is 2.22. The monoisotopic (exact) mass is 928 g/mol. The van der Waals surface area contributed by atoms with Crippen molar-refractivity contribution in [2.75, 3.05) is 47.5 Å². The van der Waals surface area contributed by atoms with Crippen molar-refractivity contribution in [3.05, 3.63) is 60.8 Å². The minimum atomic E-state index is -1.62. The molecule has 2 unspecified atom stereocenters. The molecule has 2 atom stereocenters. The summed E-state index contributed by atoms with van der Waals surface area (Å²) < 4.78 is 22.6. The molecule has 0 aliphatic heterocycles. The van der Waals surface area contributed by atoms with Gasteiger partial charge in [0, 0.05) is 12.8 Å². The van der Waals surface area contributed by atoms with Crippen molar-refractivity contribution in [2.24, 2.45) is 0 Å². The Balaban J connectivity index is 4.25. The van der Waals surface area contributed by atoms with Gasteiger partial charge in [0.2, 0.25) is 0 Å². The maximum atomic E-state index is 12.8. The maximum Gasteiger partial charge on any atom is 0.306 e. The quantitative estimate of drug-likeness (QED) is 0.0195. The molecule has 382 valence electrons. The van der Waals surface area contributed by atoms with E-state index in [9.17, 15) is 19.5 Å². The molecule has 0 spiro atoms. The number of rotatable bonds is 49. The molecule has 66 heavy (non-hydrogen) atoms. The van der Waals surface area contributed by atoms with E-state index < -0.39 is 24.3 Å². The van der Waals surface area contributed by atoms with Crippen molar-refractivity contribution in [1.29, 1.82) is 0 Å². The highest BCUT2D eigenvalue weighted by atomic mass is 16.7. The Hall–Kier alpha value is -3.01. The third-order valence-corrected chi connectivity index (χ3v) is 11.5. The highest BCUT2D eigenvalue weighted by molar-refractivity contribution is 5.70. The lowest BCUT2D eigenvalue weighted by molar-refractivity contribution is -0.870. The molecule has 0 radical (unpaired) electrons. The fourth-order valence-corrected chi connectivity index (χ4v) is 7.39. The van der Waals surface area contributed by atoms with Crippen LogP contribution >= 0.6 is 0 Å². The van der Waals surface area contributed by atoms with Gasteiger partial charge in [0.25, 0.3) is 0 Å². The highest BCUT2D eigenvalue weighted by Crippen LogP contribution is 2.16. The van der Waals surface area contributed by atoms with E-state index in [1.54, 1.807) is 0 Å². The van der Waals surface area contributed by atoms with Gasteiger partial charge in [0.1, 0.15) is 13.2 Å². The van der Waals surface area contributed by atoms with Crippen LogP contribution < -0.4 is 5.11 Å². The first-order valence-electron chi connectivity index (χ1n) is 26.9. The second kappa shape index (κ2) is 48.4. The summed E-state index contributed by atoms with van der Waals surface area (Å²) in [6.07, 6.45) is 56.8. The number of aliphatic carboxylic acids is 1. The largest absolute Gasteiger partial charge is 0.545 e. The van der Waals surface area contributed by atoms with E-state index in [4.69, 9.17) is 18.9 Å². The zero-order chi connectivity index (χ0) is 48.4. The SMILES string of the molecule is CC/C=C\C/C=C\C/C=C\C/C=C\C/C=C\CCCCCCCCCCCCCC(=O)OC(COC(=O)CCCCCCCCCCCCCCCC)COC(OCC[N+](C)(C)C)C(=O)[O-]. The second-order valence-corrected chi connectivity index (χ2v) is 19.1. The van der Waals surface area contributed by atoms with Crippen LogP contribution in [0, 0.1) is 0 Å². The van der Waals surface area contributed by atoms with Crippen LogP contribution in [0.5, 0.6) is 0 Å². The zero-order valence-corrected chi connectivity index (χ0v) is 43.3. The average molecular weight is 928 g/mol. The number of hydrogen-bond acceptors (Lipinski definition) is 8. The fourth-order valence-electron chi connectivity index (χ4n) is 7.39. The van der Waals surface area contributed by atoms with Gasteiger partial charge < -0.3 is 33.3 Å². The molecule has 0 fully saturated rings. The summed E-state index contributed by atoms with van der Waals surface area (Å²) >= 11 is 0. The minimum absolute atomic E-state index is 0.147. The summed E-state index contributed by atoms with van der Waals surface area (Å²) in [5, 5.41) is 11.7. The van der Waals surface area contributed by atoms with Crippen LogP contribution in [0.3, 0.4) is 0 Å². The number of carbonyl (C=O) groups is 3. The Morgan fingerprint density at radius 1 is 0.470 bits per heavy atom. The van der Waals surface area contributed by atoms with Gasteiger partial charge in [-0.3, -0.25) is 9.59 Å². The van der Waals surface area contributed by atoms with E-state index in [-0.39, 0.29) is 32.2 Å². The lowest BCUT2D eigenvalue weighted by Gasteiger charge is -2.26. The summed E-state index contributed by atoms with van der Waals surface area (Å²) in [6.45, 7) is 4.64. The van der Waals surface area contributed by atoms with Crippen molar-refractivity contribution in [2.45, 2.75) is 238 Å². The molecule has 0 rings (SSSR count). The van der Waals surface area contributed by atoms with Crippen LogP contribution in [0.1, 0.15) is 226 Å². The average Bonchev–Trinajstić information content (AvgIpc) is 3.28. The van der Waals surface area contributed by atoms with E-state index in [1.165, 1.54) is 116 Å². The smallest absolute Gasteiger partial charge is 0.306 e. The molecular weight excluding hydrogens is 827 g/mol. The summed E-state index contributed by atoms with van der Waals surface area (Å²) in [4.78, 5) is 37.2. The Kier molecular flexibility index (Phi) is 46.2. The van der Waals surface area contributed by atoms with Crippen LogP contribution in [0.4, 0.5) is 0 Å². The van der Waals surface area contributed by atoms with Crippen LogP contribution in [-0.2, 0) is 33.3 Å². The third kappa shape index (κ3) is 48.9. The predicted molar refractivity (Wildman–Crippen MR) is 274 cm³/mol. The molecule has 0 aromatic rings. The summed E-state index contributed by atoms with van der Waals surface area (Å²) in [5.74, 6) is -2.28. The molecule has 0 heterocycles. The van der Waals surface area contributed by atoms with Gasteiger partial charge in [-0.1, -0.05) is 216 Å². The first-order valence-corrected chi connectivity index (χ1v) is 26.9. The summed E-state index contributed by atoms with van der Waals surface area (Å²) in [5.41, 5.74) is 0. The van der Waals surface area contributed by atoms with Crippen molar-refractivity contribution in [3.63, 3.8) is 0 Å². The zero-order valence-electron chi connectivity index (χ0n) is 43.3. The molecule has 0 amide bonds. The van der Waals surface area contributed by atoms with E-state index in [0.29, 0.717) is 23.9 Å². The van der Waals surface area contributed by atoms with Gasteiger partial charge >= 0.3 is 11.9 Å². The Morgan fingerprint density at radius 2 is 0.864 bits per heavy atom. The Bertz CT molecular complexity index is 1270. The number of carboxylic acid groups (broad SMARTS) is 1. The normalized spacial score (nSPS) is 13.3. The third-order valence-electron chi connectivity index (χ3n) is 11.5. The summed E-state index contributed by atoms with van der Waals surface area (Å²) in [6, 6.07) is 0. The molecule has 9 nitrogen and oxygen atoms in total. The predicted octanol–water partition coefficient (Wildman–Crippen LogP) is 14.0. The number of unbranched alkanes of at least 4 members (excludes halogenated alkanes) is 24. The number of carboxylic acids is 1. The lowest BCUT2D eigenvalue weighted by Crippen LogP contribution is -2.44. The number of nitrogens with zero attached hydrogens (tertiary/aromatic N) is 1. The van der Waals surface area contributed by atoms with Gasteiger partial charge in [-0.05, 0) is 57.8 Å². The molecule has 0 N–H and O–H groups in total. The molecule has 9 heteroatoms. The first-order chi connectivity index (χ1) is 32.1. The molecule has 0 aromatic heterocycles. The molecule has 0 bridgehead atoms. The number of esters is 2. The van der Waals surface area contributed by atoms with Crippen LogP contribution in [0.25, 0.3) is 0 Å². The molecule has 0 saturated carbocycles. The number of hydrogen-bond donors (Lipinski definition) is 0. The van der Waals surface area contributed by atoms with E-state index in [1.807, 2.05) is 21.1 Å². The fraction of sp³-hybridized carbons (Fsp3) is 0.772. The van der Waals surface area contributed by atoms with Gasteiger partial charge in [-0.15, -0.1) is 0 Å². The second-order valence-electron chi connectivity index (χ2n) is 19.1. The number of quaternary nitrogens is 1. The van der Waals surface area contributed by atoms with E-state index in [0.717, 1.165) is 77.0 Å². The van der Waals surface area contributed by atoms with Gasteiger partial charge in [0.05, 0.1) is 40.3 Å². The lowest BCUT2D eigenvalue weighted by atomic mass is 10.0. The van der Waals surface area contributed by atoms with Crippen molar-refractivity contribution in [3.8, 4) is 0 Å². The van der Waals surface area contributed by atoms with Gasteiger partial charge in [-0.25, -0.2) is 0 Å². The van der Waals surface area contributed by atoms with Crippen LogP contribution in [0.2, 0.25) is 0 Å². The molecular formula is C57H101NO8. The van der Waals surface area contributed by atoms with Crippen molar-refractivity contribution in [1.82, 2.24) is 0 Å².